The highest BCUT2D eigenvalue weighted by Crippen LogP contribution is 2.30. The Hall–Kier alpha value is -1.19. The third-order valence-electron chi connectivity index (χ3n) is 1.98. The summed E-state index contributed by atoms with van der Waals surface area (Å²) in [5, 5.41) is 0.673. The average Bonchev–Trinajstić information content (AvgIpc) is 2.19. The van der Waals surface area contributed by atoms with Gasteiger partial charge in [-0.05, 0) is 12.1 Å². The van der Waals surface area contributed by atoms with Crippen LogP contribution in [0.3, 0.4) is 0 Å². The molecule has 0 aliphatic heterocycles. The molecule has 15 heavy (non-hydrogen) atoms. The Morgan fingerprint density at radius 1 is 1.33 bits per heavy atom. The molecule has 0 spiro atoms. The van der Waals surface area contributed by atoms with Crippen molar-refractivity contribution in [1.82, 2.24) is 4.98 Å². The van der Waals surface area contributed by atoms with Crippen molar-refractivity contribution in [3.63, 3.8) is 0 Å². The molecule has 1 aromatic heterocycles. The van der Waals surface area contributed by atoms with Gasteiger partial charge in [-0.15, -0.1) is 0 Å². The number of aromatic nitrogens is 1. The summed E-state index contributed by atoms with van der Waals surface area (Å²) in [6.07, 6.45) is 1.87. The zero-order valence-electron chi connectivity index (χ0n) is 7.30. The summed E-state index contributed by atoms with van der Waals surface area (Å²) in [4.78, 5) is 14.5. The number of rotatable bonds is 1. The molecule has 5 heteroatoms. The highest BCUT2D eigenvalue weighted by Gasteiger charge is 2.10. The van der Waals surface area contributed by atoms with E-state index in [4.69, 9.17) is 23.2 Å². The van der Waals surface area contributed by atoms with Crippen molar-refractivity contribution in [2.75, 3.05) is 0 Å². The average molecular weight is 244 g/mol. The van der Waals surface area contributed by atoms with E-state index in [9.17, 15) is 9.18 Å². The molecule has 0 unspecified atom stereocenters. The van der Waals surface area contributed by atoms with Crippen LogP contribution in [-0.2, 0) is 0 Å². The number of hydrogen-bond donors (Lipinski definition) is 0. The molecule has 0 aliphatic rings. The van der Waals surface area contributed by atoms with Gasteiger partial charge in [0.1, 0.15) is 5.82 Å². The monoisotopic (exact) mass is 243 g/mol. The Bertz CT molecular complexity index is 557. The topological polar surface area (TPSA) is 30.0 Å². The van der Waals surface area contributed by atoms with Gasteiger partial charge in [0, 0.05) is 11.6 Å². The quantitative estimate of drug-likeness (QED) is 0.718. The molecule has 0 atom stereocenters. The lowest BCUT2D eigenvalue weighted by atomic mass is 10.1. The number of aldehydes is 1. The summed E-state index contributed by atoms with van der Waals surface area (Å²) >= 11 is 11.7. The molecule has 0 N–H and O–H groups in total. The van der Waals surface area contributed by atoms with Gasteiger partial charge in [-0.3, -0.25) is 9.78 Å². The number of fused-ring (bicyclic) bond motifs is 1. The van der Waals surface area contributed by atoms with Crippen molar-refractivity contribution in [3.05, 3.63) is 39.8 Å². The minimum atomic E-state index is -0.515. The maximum absolute atomic E-state index is 13.1. The van der Waals surface area contributed by atoms with Gasteiger partial charge in [0.05, 0.1) is 21.1 Å². The first-order valence-corrected chi connectivity index (χ1v) is 4.77. The van der Waals surface area contributed by atoms with Crippen LogP contribution in [0.5, 0.6) is 0 Å². The molecule has 0 radical (unpaired) electrons. The Morgan fingerprint density at radius 2 is 2.07 bits per heavy atom. The van der Waals surface area contributed by atoms with Crippen LogP contribution >= 0.6 is 23.2 Å². The highest BCUT2D eigenvalue weighted by atomic mass is 35.5. The van der Waals surface area contributed by atoms with Gasteiger partial charge >= 0.3 is 0 Å². The normalized spacial score (nSPS) is 10.6. The van der Waals surface area contributed by atoms with E-state index in [1.807, 2.05) is 0 Å². The van der Waals surface area contributed by atoms with Crippen LogP contribution in [0, 0.1) is 5.82 Å². The van der Waals surface area contributed by atoms with E-state index >= 15 is 0 Å². The van der Waals surface area contributed by atoms with E-state index in [1.54, 1.807) is 0 Å². The lowest BCUT2D eigenvalue weighted by Crippen LogP contribution is -1.89. The van der Waals surface area contributed by atoms with Gasteiger partial charge < -0.3 is 0 Å². The molecule has 1 heterocycles. The standard InChI is InChI=1S/C10H4Cl2FNO/c11-8-2-6(13)1-7-9(12)5(4-15)3-14-10(7)8/h1-4H. The van der Waals surface area contributed by atoms with E-state index < -0.39 is 5.82 Å². The third kappa shape index (κ3) is 1.68. The van der Waals surface area contributed by atoms with Gasteiger partial charge in [-0.2, -0.15) is 0 Å². The highest BCUT2D eigenvalue weighted by molar-refractivity contribution is 6.40. The first-order valence-electron chi connectivity index (χ1n) is 4.02. The van der Waals surface area contributed by atoms with Gasteiger partial charge in [-0.25, -0.2) is 4.39 Å². The number of carbonyl (C=O) groups is 1. The predicted molar refractivity (Wildman–Crippen MR) is 57.1 cm³/mol. The number of hydrogen-bond acceptors (Lipinski definition) is 2. The van der Waals surface area contributed by atoms with E-state index in [0.717, 1.165) is 6.07 Å². The van der Waals surface area contributed by atoms with Crippen molar-refractivity contribution >= 4 is 40.4 Å². The Labute approximate surface area is 94.6 Å². The molecular formula is C10H4Cl2FNO. The largest absolute Gasteiger partial charge is 0.298 e. The van der Waals surface area contributed by atoms with Crippen LogP contribution in [0.25, 0.3) is 10.9 Å². The zero-order chi connectivity index (χ0) is 11.0. The van der Waals surface area contributed by atoms with Crippen molar-refractivity contribution in [1.29, 1.82) is 0 Å². The minimum absolute atomic E-state index is 0.163. The van der Waals surface area contributed by atoms with Gasteiger partial charge in [0.2, 0.25) is 0 Å². The molecule has 0 bridgehead atoms. The van der Waals surface area contributed by atoms with E-state index in [2.05, 4.69) is 4.98 Å². The van der Waals surface area contributed by atoms with Crippen LogP contribution < -0.4 is 0 Å². The fourth-order valence-corrected chi connectivity index (χ4v) is 1.79. The van der Waals surface area contributed by atoms with Crippen LogP contribution in [0.1, 0.15) is 10.4 Å². The molecule has 2 rings (SSSR count). The molecular weight excluding hydrogens is 240 g/mol. The van der Waals surface area contributed by atoms with Gasteiger partial charge in [0.15, 0.2) is 6.29 Å². The number of pyridine rings is 1. The lowest BCUT2D eigenvalue weighted by molar-refractivity contribution is 0.112. The molecule has 1 aromatic carbocycles. The summed E-state index contributed by atoms with van der Waals surface area (Å²) in [6.45, 7) is 0. The van der Waals surface area contributed by atoms with Crippen molar-refractivity contribution in [3.8, 4) is 0 Å². The molecule has 2 aromatic rings. The van der Waals surface area contributed by atoms with Crippen molar-refractivity contribution < 1.29 is 9.18 Å². The second-order valence-electron chi connectivity index (χ2n) is 2.93. The molecule has 2 nitrogen and oxygen atoms in total. The van der Waals surface area contributed by atoms with Gasteiger partial charge in [0.25, 0.3) is 0 Å². The maximum atomic E-state index is 13.1. The lowest BCUT2D eigenvalue weighted by Gasteiger charge is -2.03. The number of carbonyl (C=O) groups excluding carboxylic acids is 1. The zero-order valence-corrected chi connectivity index (χ0v) is 8.81. The molecule has 0 fully saturated rings. The predicted octanol–water partition coefficient (Wildman–Crippen LogP) is 3.49. The van der Waals surface area contributed by atoms with Gasteiger partial charge in [-0.1, -0.05) is 23.2 Å². The first kappa shape index (κ1) is 10.3. The second-order valence-corrected chi connectivity index (χ2v) is 3.71. The van der Waals surface area contributed by atoms with Crippen LogP contribution in [0.15, 0.2) is 18.3 Å². The van der Waals surface area contributed by atoms with Crippen molar-refractivity contribution in [2.24, 2.45) is 0 Å². The minimum Gasteiger partial charge on any atom is -0.298 e. The summed E-state index contributed by atoms with van der Waals surface area (Å²) < 4.78 is 13.1. The molecule has 0 saturated carbocycles. The fourth-order valence-electron chi connectivity index (χ4n) is 1.29. The number of benzene rings is 1. The summed E-state index contributed by atoms with van der Waals surface area (Å²) in [6, 6.07) is 2.34. The van der Waals surface area contributed by atoms with Crippen LogP contribution in [-0.4, -0.2) is 11.3 Å². The Morgan fingerprint density at radius 3 is 2.73 bits per heavy atom. The summed E-state index contributed by atoms with van der Waals surface area (Å²) in [7, 11) is 0. The summed E-state index contributed by atoms with van der Waals surface area (Å²) in [5.41, 5.74) is 0.597. The SMILES string of the molecule is O=Cc1cnc2c(Cl)cc(F)cc2c1Cl. The Kier molecular flexibility index (Phi) is 2.59. The fraction of sp³-hybridized carbons (Fsp3) is 0. The molecule has 76 valence electrons. The van der Waals surface area contributed by atoms with E-state index in [-0.39, 0.29) is 15.6 Å². The Balaban J connectivity index is 2.92. The molecule has 0 saturated heterocycles. The van der Waals surface area contributed by atoms with Crippen LogP contribution in [0.4, 0.5) is 4.39 Å². The second kappa shape index (κ2) is 3.76. The number of halogens is 3. The molecule has 0 aliphatic carbocycles. The molecule has 0 amide bonds. The van der Waals surface area contributed by atoms with Crippen molar-refractivity contribution in [2.45, 2.75) is 0 Å². The summed E-state index contributed by atoms with van der Waals surface area (Å²) in [5.74, 6) is -0.515. The smallest absolute Gasteiger partial charge is 0.153 e. The van der Waals surface area contributed by atoms with E-state index in [1.165, 1.54) is 12.3 Å². The maximum Gasteiger partial charge on any atom is 0.153 e. The van der Waals surface area contributed by atoms with E-state index in [0.29, 0.717) is 17.2 Å². The third-order valence-corrected chi connectivity index (χ3v) is 2.69. The number of nitrogens with zero attached hydrogens (tertiary/aromatic N) is 1. The first-order chi connectivity index (χ1) is 7.13. The van der Waals surface area contributed by atoms with Crippen LogP contribution in [0.2, 0.25) is 10.0 Å².